The van der Waals surface area contributed by atoms with E-state index in [4.69, 9.17) is 0 Å². The molecule has 0 radical (unpaired) electrons. The molecule has 6 nitrogen and oxygen atoms in total. The van der Waals surface area contributed by atoms with Crippen molar-refractivity contribution >= 4 is 32.9 Å². The van der Waals surface area contributed by atoms with E-state index in [0.717, 1.165) is 49.5 Å². The van der Waals surface area contributed by atoms with E-state index in [1.807, 2.05) is 23.2 Å². The molecule has 0 spiro atoms. The quantitative estimate of drug-likeness (QED) is 0.846. The largest absolute Gasteiger partial charge is 0.345 e. The van der Waals surface area contributed by atoms with Crippen molar-refractivity contribution in [2.75, 3.05) is 49.1 Å². The highest BCUT2D eigenvalue weighted by Crippen LogP contribution is 2.19. The third-order valence-corrected chi connectivity index (χ3v) is 5.78. The molecule has 2 aliphatic rings. The number of nitrogens with one attached hydrogen (secondary N) is 2. The summed E-state index contributed by atoms with van der Waals surface area (Å²) in [6, 6.07) is 1.17. The van der Waals surface area contributed by atoms with Gasteiger partial charge in [0.05, 0.1) is 0 Å². The van der Waals surface area contributed by atoms with Gasteiger partial charge in [0.1, 0.15) is 0 Å². The Morgan fingerprint density at radius 1 is 0.875 bits per heavy atom. The van der Waals surface area contributed by atoms with E-state index >= 15 is 0 Å². The van der Waals surface area contributed by atoms with E-state index in [1.54, 1.807) is 22.7 Å². The lowest BCUT2D eigenvalue weighted by Gasteiger charge is -2.31. The van der Waals surface area contributed by atoms with Crippen LogP contribution in [0.3, 0.4) is 0 Å². The Morgan fingerprint density at radius 3 is 1.67 bits per heavy atom. The molecule has 0 amide bonds. The monoisotopic (exact) mass is 366 g/mol. The topological polar surface area (TPSA) is 56.3 Å². The summed E-state index contributed by atoms with van der Waals surface area (Å²) in [6.07, 6.45) is 3.74. The minimum Gasteiger partial charge on any atom is -0.345 e. The molecule has 0 aliphatic carbocycles. The molecule has 2 saturated heterocycles. The third-order valence-electron chi connectivity index (χ3n) is 4.12. The number of anilines is 2. The summed E-state index contributed by atoms with van der Waals surface area (Å²) >= 11 is 3.44. The van der Waals surface area contributed by atoms with Crippen LogP contribution < -0.4 is 20.4 Å². The van der Waals surface area contributed by atoms with Gasteiger partial charge in [-0.1, -0.05) is 0 Å². The van der Waals surface area contributed by atoms with Gasteiger partial charge in [-0.3, -0.25) is 0 Å². The lowest BCUT2D eigenvalue weighted by atomic mass is 10.2. The number of piperazine rings is 2. The maximum atomic E-state index is 4.29. The first kappa shape index (κ1) is 17.6. The van der Waals surface area contributed by atoms with Crippen LogP contribution in [0.25, 0.3) is 0 Å². The lowest BCUT2D eigenvalue weighted by molar-refractivity contribution is 0.484. The Kier molecular flexibility index (Phi) is 6.42. The number of rotatable bonds is 2. The highest BCUT2D eigenvalue weighted by Gasteiger charge is 2.17. The van der Waals surface area contributed by atoms with Crippen molar-refractivity contribution in [1.29, 1.82) is 0 Å². The van der Waals surface area contributed by atoms with Gasteiger partial charge in [-0.05, 0) is 13.8 Å². The second-order valence-electron chi connectivity index (χ2n) is 6.23. The molecule has 2 aromatic heterocycles. The summed E-state index contributed by atoms with van der Waals surface area (Å²) in [7, 11) is 0. The van der Waals surface area contributed by atoms with E-state index < -0.39 is 0 Å². The normalized spacial score (nSPS) is 24.4. The van der Waals surface area contributed by atoms with Crippen molar-refractivity contribution in [2.24, 2.45) is 0 Å². The van der Waals surface area contributed by atoms with Crippen LogP contribution in [0.5, 0.6) is 0 Å². The molecular weight excluding hydrogens is 340 g/mol. The molecule has 4 heterocycles. The Morgan fingerprint density at radius 2 is 1.33 bits per heavy atom. The Balaban J connectivity index is 0.000000141. The zero-order valence-electron chi connectivity index (χ0n) is 14.3. The van der Waals surface area contributed by atoms with Gasteiger partial charge >= 0.3 is 0 Å². The molecule has 24 heavy (non-hydrogen) atoms. The lowest BCUT2D eigenvalue weighted by Crippen LogP contribution is -2.49. The van der Waals surface area contributed by atoms with Gasteiger partial charge in [0.25, 0.3) is 0 Å². The van der Waals surface area contributed by atoms with Gasteiger partial charge in [-0.25, -0.2) is 9.97 Å². The maximum Gasteiger partial charge on any atom is 0.185 e. The number of thiazole rings is 2. The average molecular weight is 367 g/mol. The van der Waals surface area contributed by atoms with Crippen molar-refractivity contribution in [3.8, 4) is 0 Å². The minimum atomic E-state index is 0.586. The molecule has 2 fully saturated rings. The number of nitrogens with zero attached hydrogens (tertiary/aromatic N) is 4. The molecule has 132 valence electrons. The standard InChI is InChI=1S/2C8H13N3S/c2*1-7-6-11(4-2-9-7)8-10-3-5-12-8/h2*3,5,7,9H,2,4,6H2,1H3/t2*7-/m00/s1. The summed E-state index contributed by atoms with van der Waals surface area (Å²) < 4.78 is 0. The first-order valence-electron chi connectivity index (χ1n) is 8.48. The summed E-state index contributed by atoms with van der Waals surface area (Å²) in [5.74, 6) is 0. The third kappa shape index (κ3) is 4.89. The molecule has 0 saturated carbocycles. The summed E-state index contributed by atoms with van der Waals surface area (Å²) in [5, 5.41) is 13.2. The molecule has 2 atom stereocenters. The van der Waals surface area contributed by atoms with Crippen molar-refractivity contribution in [3.05, 3.63) is 23.2 Å². The molecule has 8 heteroatoms. The first-order chi connectivity index (χ1) is 11.7. The second kappa shape index (κ2) is 8.75. The van der Waals surface area contributed by atoms with Crippen LogP contribution in [-0.2, 0) is 0 Å². The van der Waals surface area contributed by atoms with Gasteiger partial charge in [-0.2, -0.15) is 0 Å². The number of hydrogen-bond donors (Lipinski definition) is 2. The van der Waals surface area contributed by atoms with Crippen LogP contribution in [-0.4, -0.2) is 61.3 Å². The SMILES string of the molecule is C[C@H]1CN(c2nccs2)CCN1.C[C@H]1CN(c2nccs2)CCN1. The first-order valence-corrected chi connectivity index (χ1v) is 10.2. The Labute approximate surface area is 151 Å². The van der Waals surface area contributed by atoms with E-state index in [0.29, 0.717) is 12.1 Å². The smallest absolute Gasteiger partial charge is 0.185 e. The summed E-state index contributed by atoms with van der Waals surface area (Å²) in [4.78, 5) is 13.3. The van der Waals surface area contributed by atoms with E-state index in [9.17, 15) is 0 Å². The highest BCUT2D eigenvalue weighted by molar-refractivity contribution is 7.13. The van der Waals surface area contributed by atoms with Crippen LogP contribution in [0.1, 0.15) is 13.8 Å². The van der Waals surface area contributed by atoms with Crippen molar-refractivity contribution in [3.63, 3.8) is 0 Å². The van der Waals surface area contributed by atoms with Gasteiger partial charge in [-0.15, -0.1) is 22.7 Å². The van der Waals surface area contributed by atoms with E-state index in [-0.39, 0.29) is 0 Å². The van der Waals surface area contributed by atoms with E-state index in [1.165, 1.54) is 0 Å². The fourth-order valence-electron chi connectivity index (χ4n) is 2.96. The maximum absolute atomic E-state index is 4.29. The van der Waals surface area contributed by atoms with Crippen LogP contribution in [0.4, 0.5) is 10.3 Å². The average Bonchev–Trinajstić information content (AvgIpc) is 3.29. The predicted octanol–water partition coefficient (Wildman–Crippen LogP) is 1.88. The van der Waals surface area contributed by atoms with Crippen LogP contribution in [0.2, 0.25) is 0 Å². The summed E-state index contributed by atoms with van der Waals surface area (Å²) in [5.41, 5.74) is 0. The number of aromatic nitrogens is 2. The highest BCUT2D eigenvalue weighted by atomic mass is 32.1. The van der Waals surface area contributed by atoms with E-state index in [2.05, 4.69) is 44.2 Å². The predicted molar refractivity (Wildman–Crippen MR) is 104 cm³/mol. The number of hydrogen-bond acceptors (Lipinski definition) is 8. The fraction of sp³-hybridized carbons (Fsp3) is 0.625. The molecule has 0 unspecified atom stereocenters. The van der Waals surface area contributed by atoms with Crippen molar-refractivity contribution in [2.45, 2.75) is 25.9 Å². The van der Waals surface area contributed by atoms with Crippen LogP contribution >= 0.6 is 22.7 Å². The molecule has 2 aromatic rings. The molecule has 0 aromatic carbocycles. The molecule has 2 aliphatic heterocycles. The van der Waals surface area contributed by atoms with Crippen molar-refractivity contribution < 1.29 is 0 Å². The molecule has 4 rings (SSSR count). The molecule has 0 bridgehead atoms. The van der Waals surface area contributed by atoms with Gasteiger partial charge < -0.3 is 20.4 Å². The van der Waals surface area contributed by atoms with Gasteiger partial charge in [0.15, 0.2) is 10.3 Å². The molecule has 2 N–H and O–H groups in total. The van der Waals surface area contributed by atoms with Crippen molar-refractivity contribution in [1.82, 2.24) is 20.6 Å². The summed E-state index contributed by atoms with van der Waals surface area (Å²) in [6.45, 7) is 10.9. The molecular formula is C16H26N6S2. The van der Waals surface area contributed by atoms with Gasteiger partial charge in [0, 0.05) is 74.5 Å². The Hall–Kier alpha value is -1.22. The van der Waals surface area contributed by atoms with Crippen LogP contribution in [0, 0.1) is 0 Å². The van der Waals surface area contributed by atoms with Crippen LogP contribution in [0.15, 0.2) is 23.2 Å². The van der Waals surface area contributed by atoms with Gasteiger partial charge in [0.2, 0.25) is 0 Å². The minimum absolute atomic E-state index is 0.586. The zero-order valence-corrected chi connectivity index (χ0v) is 15.9. The zero-order chi connectivity index (χ0) is 16.8. The fourth-order valence-corrected chi connectivity index (χ4v) is 4.32. The second-order valence-corrected chi connectivity index (χ2v) is 7.98. The Bertz CT molecular complexity index is 521.